The fourth-order valence-electron chi connectivity index (χ4n) is 3.48. The van der Waals surface area contributed by atoms with Crippen molar-refractivity contribution in [2.24, 2.45) is 0 Å². The Bertz CT molecular complexity index is 986. The number of amides is 1. The van der Waals surface area contributed by atoms with Crippen LogP contribution < -0.4 is 4.74 Å². The third kappa shape index (κ3) is 5.61. The molecule has 9 heteroatoms. The lowest BCUT2D eigenvalue weighted by Crippen LogP contribution is -2.54. The van der Waals surface area contributed by atoms with Crippen LogP contribution in [0.3, 0.4) is 0 Å². The second kappa shape index (κ2) is 10.2. The average Bonchev–Trinajstić information content (AvgIpc) is 2.79. The van der Waals surface area contributed by atoms with E-state index in [0.29, 0.717) is 37.5 Å². The van der Waals surface area contributed by atoms with Crippen molar-refractivity contribution in [3.8, 4) is 5.75 Å². The predicted octanol–water partition coefficient (Wildman–Crippen LogP) is 2.75. The van der Waals surface area contributed by atoms with Crippen LogP contribution in [0.4, 0.5) is 4.39 Å². The topological polar surface area (TPSA) is 70.2 Å². The number of ether oxygens (including phenoxy) is 1. The molecule has 0 aliphatic carbocycles. The Kier molecular flexibility index (Phi) is 7.64. The zero-order valence-corrected chi connectivity index (χ0v) is 18.6. The second-order valence-corrected chi connectivity index (χ2v) is 9.15. The van der Waals surface area contributed by atoms with Crippen molar-refractivity contribution in [1.82, 2.24) is 13.5 Å². The highest BCUT2D eigenvalue weighted by Crippen LogP contribution is 2.19. The van der Waals surface area contributed by atoms with Gasteiger partial charge in [-0.3, -0.25) is 4.79 Å². The van der Waals surface area contributed by atoms with Crippen molar-refractivity contribution in [1.29, 1.82) is 0 Å². The van der Waals surface area contributed by atoms with E-state index in [4.69, 9.17) is 4.74 Å². The molecule has 1 aliphatic rings. The van der Waals surface area contributed by atoms with Crippen LogP contribution in [0.15, 0.2) is 48.5 Å². The van der Waals surface area contributed by atoms with Gasteiger partial charge in [0.1, 0.15) is 18.2 Å². The van der Waals surface area contributed by atoms with E-state index in [1.807, 2.05) is 13.8 Å². The molecule has 0 aromatic heterocycles. The number of carbonyl (C=O) groups is 1. The normalized spacial score (nSPS) is 15.3. The SMILES string of the molecule is CCN(CC)S(=O)(=O)N1CCN(C(=O)c2cccc(OCc3ccc(F)cc3)c2)CC1. The number of piperazine rings is 1. The highest BCUT2D eigenvalue weighted by molar-refractivity contribution is 7.86. The standard InChI is InChI=1S/C22H28FN3O4S/c1-3-25(4-2)31(28,29)26-14-12-24(13-15-26)22(27)19-6-5-7-21(16-19)30-17-18-8-10-20(23)11-9-18/h5-11,16H,3-4,12-15,17H2,1-2H3. The summed E-state index contributed by atoms with van der Waals surface area (Å²) in [7, 11) is -3.50. The van der Waals surface area contributed by atoms with E-state index in [1.54, 1.807) is 41.3 Å². The molecular formula is C22H28FN3O4S. The van der Waals surface area contributed by atoms with Gasteiger partial charge in [-0.15, -0.1) is 0 Å². The largest absolute Gasteiger partial charge is 0.489 e. The lowest BCUT2D eigenvalue weighted by molar-refractivity contribution is 0.0693. The summed E-state index contributed by atoms with van der Waals surface area (Å²) in [5, 5.41) is 0. The number of rotatable bonds is 8. The molecule has 1 fully saturated rings. The van der Waals surface area contributed by atoms with Gasteiger partial charge in [-0.2, -0.15) is 17.0 Å². The number of hydrogen-bond acceptors (Lipinski definition) is 4. The number of nitrogens with zero attached hydrogens (tertiary/aromatic N) is 3. The molecule has 0 atom stereocenters. The molecule has 0 N–H and O–H groups in total. The van der Waals surface area contributed by atoms with Gasteiger partial charge in [0.2, 0.25) is 0 Å². The second-order valence-electron chi connectivity index (χ2n) is 7.23. The van der Waals surface area contributed by atoms with Crippen molar-refractivity contribution in [3.05, 3.63) is 65.5 Å². The molecule has 0 radical (unpaired) electrons. The quantitative estimate of drug-likeness (QED) is 0.621. The molecule has 0 bridgehead atoms. The Hall–Kier alpha value is -2.49. The summed E-state index contributed by atoms with van der Waals surface area (Å²) >= 11 is 0. The van der Waals surface area contributed by atoms with Gasteiger partial charge in [0.25, 0.3) is 16.1 Å². The van der Waals surface area contributed by atoms with E-state index in [1.165, 1.54) is 20.7 Å². The molecule has 31 heavy (non-hydrogen) atoms. The van der Waals surface area contributed by atoms with Crippen molar-refractivity contribution in [2.45, 2.75) is 20.5 Å². The van der Waals surface area contributed by atoms with Crippen LogP contribution in [0, 0.1) is 5.82 Å². The van der Waals surface area contributed by atoms with E-state index in [2.05, 4.69) is 0 Å². The molecule has 2 aromatic carbocycles. The average molecular weight is 450 g/mol. The van der Waals surface area contributed by atoms with Crippen LogP contribution in [-0.2, 0) is 16.8 Å². The summed E-state index contributed by atoms with van der Waals surface area (Å²) in [6.45, 7) is 5.93. The number of halogens is 1. The fourth-order valence-corrected chi connectivity index (χ4v) is 5.09. The lowest BCUT2D eigenvalue weighted by atomic mass is 10.1. The first-order chi connectivity index (χ1) is 14.8. The molecule has 3 rings (SSSR count). The van der Waals surface area contributed by atoms with Crippen molar-refractivity contribution in [3.63, 3.8) is 0 Å². The first-order valence-electron chi connectivity index (χ1n) is 10.4. The summed E-state index contributed by atoms with van der Waals surface area (Å²) < 4.78 is 46.9. The van der Waals surface area contributed by atoms with Gasteiger partial charge in [0, 0.05) is 44.8 Å². The Balaban J connectivity index is 1.59. The Labute approximate surface area is 183 Å². The molecule has 7 nitrogen and oxygen atoms in total. The zero-order valence-electron chi connectivity index (χ0n) is 17.8. The maximum Gasteiger partial charge on any atom is 0.282 e. The predicted molar refractivity (Wildman–Crippen MR) is 116 cm³/mol. The molecule has 1 aliphatic heterocycles. The molecular weight excluding hydrogens is 421 g/mol. The smallest absolute Gasteiger partial charge is 0.282 e. The highest BCUT2D eigenvalue weighted by atomic mass is 32.2. The van der Waals surface area contributed by atoms with Gasteiger partial charge in [0.15, 0.2) is 0 Å². The van der Waals surface area contributed by atoms with Gasteiger partial charge in [-0.25, -0.2) is 4.39 Å². The summed E-state index contributed by atoms with van der Waals surface area (Å²) in [6, 6.07) is 12.9. The first kappa shape index (κ1) is 23.2. The van der Waals surface area contributed by atoms with Crippen molar-refractivity contribution < 1.29 is 22.3 Å². The molecule has 0 spiro atoms. The van der Waals surface area contributed by atoms with Gasteiger partial charge >= 0.3 is 0 Å². The molecule has 1 amide bonds. The van der Waals surface area contributed by atoms with E-state index in [0.717, 1.165) is 5.56 Å². The molecule has 168 valence electrons. The monoisotopic (exact) mass is 449 g/mol. The van der Waals surface area contributed by atoms with E-state index in [-0.39, 0.29) is 31.4 Å². The summed E-state index contributed by atoms with van der Waals surface area (Å²) in [5.74, 6) is 0.0754. The Morgan fingerprint density at radius 2 is 1.68 bits per heavy atom. The third-order valence-corrected chi connectivity index (χ3v) is 7.47. The number of carbonyl (C=O) groups excluding carboxylic acids is 1. The number of benzene rings is 2. The van der Waals surface area contributed by atoms with E-state index in [9.17, 15) is 17.6 Å². The van der Waals surface area contributed by atoms with Crippen LogP contribution in [0.25, 0.3) is 0 Å². The summed E-state index contributed by atoms with van der Waals surface area (Å²) in [6.07, 6.45) is 0. The fraction of sp³-hybridized carbons (Fsp3) is 0.409. The van der Waals surface area contributed by atoms with Crippen LogP contribution in [0.1, 0.15) is 29.8 Å². The van der Waals surface area contributed by atoms with E-state index < -0.39 is 10.2 Å². The Morgan fingerprint density at radius 1 is 1.03 bits per heavy atom. The van der Waals surface area contributed by atoms with Gasteiger partial charge in [-0.1, -0.05) is 32.0 Å². The summed E-state index contributed by atoms with van der Waals surface area (Å²) in [4.78, 5) is 14.6. The maximum absolute atomic E-state index is 13.0. The number of hydrogen-bond donors (Lipinski definition) is 0. The molecule has 1 saturated heterocycles. The minimum absolute atomic E-state index is 0.160. The lowest BCUT2D eigenvalue weighted by Gasteiger charge is -2.36. The molecule has 1 heterocycles. The van der Waals surface area contributed by atoms with Crippen molar-refractivity contribution in [2.75, 3.05) is 39.3 Å². The maximum atomic E-state index is 13.0. The zero-order chi connectivity index (χ0) is 22.4. The van der Waals surface area contributed by atoms with Crippen LogP contribution in [-0.4, -0.2) is 67.1 Å². The molecule has 0 saturated carbocycles. The molecule has 2 aromatic rings. The van der Waals surface area contributed by atoms with Gasteiger partial charge in [0.05, 0.1) is 0 Å². The molecule has 0 unspecified atom stereocenters. The Morgan fingerprint density at radius 3 is 2.29 bits per heavy atom. The van der Waals surface area contributed by atoms with E-state index >= 15 is 0 Å². The van der Waals surface area contributed by atoms with Crippen LogP contribution in [0.2, 0.25) is 0 Å². The van der Waals surface area contributed by atoms with Crippen LogP contribution in [0.5, 0.6) is 5.75 Å². The van der Waals surface area contributed by atoms with Crippen LogP contribution >= 0.6 is 0 Å². The van der Waals surface area contributed by atoms with Gasteiger partial charge in [-0.05, 0) is 35.9 Å². The van der Waals surface area contributed by atoms with Crippen molar-refractivity contribution >= 4 is 16.1 Å². The summed E-state index contributed by atoms with van der Waals surface area (Å²) in [5.41, 5.74) is 1.31. The highest BCUT2D eigenvalue weighted by Gasteiger charge is 2.32. The third-order valence-electron chi connectivity index (χ3n) is 5.28. The minimum Gasteiger partial charge on any atom is -0.489 e. The first-order valence-corrected chi connectivity index (χ1v) is 11.8. The van der Waals surface area contributed by atoms with Gasteiger partial charge < -0.3 is 9.64 Å². The minimum atomic E-state index is -3.50.